The van der Waals surface area contributed by atoms with Gasteiger partial charge in [0.05, 0.1) is 11.6 Å². The van der Waals surface area contributed by atoms with Crippen LogP contribution in [0.25, 0.3) is 0 Å². The van der Waals surface area contributed by atoms with E-state index in [1.165, 1.54) is 6.07 Å². The third kappa shape index (κ3) is 3.48. The van der Waals surface area contributed by atoms with Crippen molar-refractivity contribution in [2.45, 2.75) is 12.2 Å². The van der Waals surface area contributed by atoms with Gasteiger partial charge in [-0.3, -0.25) is 0 Å². The quantitative estimate of drug-likeness (QED) is 0.904. The number of nitrogens with two attached hydrogens (primary N) is 1. The van der Waals surface area contributed by atoms with Crippen molar-refractivity contribution in [3.05, 3.63) is 59.8 Å². The fourth-order valence-electron chi connectivity index (χ4n) is 1.79. The van der Waals surface area contributed by atoms with E-state index in [4.69, 9.17) is 5.73 Å². The molecule has 0 aliphatic heterocycles. The van der Waals surface area contributed by atoms with Crippen LogP contribution in [0.15, 0.2) is 48.7 Å². The normalized spacial score (nSPS) is 13.0. The number of nitrogens with zero attached hydrogens (tertiary/aromatic N) is 1. The van der Waals surface area contributed by atoms with Gasteiger partial charge in [-0.1, -0.05) is 30.3 Å². The van der Waals surface area contributed by atoms with Crippen LogP contribution < -0.4 is 11.1 Å². The van der Waals surface area contributed by atoms with E-state index < -0.39 is 11.7 Å². The molecule has 0 aliphatic rings. The summed E-state index contributed by atoms with van der Waals surface area (Å²) in [5, 5.41) is 3.02. The second-order valence-corrected chi connectivity index (χ2v) is 4.27. The zero-order valence-electron chi connectivity index (χ0n) is 10.6. The van der Waals surface area contributed by atoms with Crippen molar-refractivity contribution >= 4 is 5.82 Å². The summed E-state index contributed by atoms with van der Waals surface area (Å²) < 4.78 is 37.3. The van der Waals surface area contributed by atoms with Gasteiger partial charge < -0.3 is 11.1 Å². The maximum Gasteiger partial charge on any atom is 0.417 e. The number of pyridine rings is 1. The zero-order valence-corrected chi connectivity index (χ0v) is 10.6. The Labute approximate surface area is 114 Å². The van der Waals surface area contributed by atoms with Crippen LogP contribution in [0.2, 0.25) is 0 Å². The van der Waals surface area contributed by atoms with Crippen molar-refractivity contribution in [2.75, 3.05) is 11.9 Å². The Bertz CT molecular complexity index is 538. The van der Waals surface area contributed by atoms with Crippen molar-refractivity contribution in [1.82, 2.24) is 4.98 Å². The molecule has 0 fully saturated rings. The lowest BCUT2D eigenvalue weighted by molar-refractivity contribution is -0.137. The van der Waals surface area contributed by atoms with Gasteiger partial charge in [0.2, 0.25) is 0 Å². The number of nitrogens with one attached hydrogen (secondary N) is 1. The predicted molar refractivity (Wildman–Crippen MR) is 71.1 cm³/mol. The molecule has 0 radical (unpaired) electrons. The van der Waals surface area contributed by atoms with Crippen molar-refractivity contribution in [2.24, 2.45) is 5.73 Å². The maximum absolute atomic E-state index is 12.4. The molecular weight excluding hydrogens is 267 g/mol. The lowest BCUT2D eigenvalue weighted by atomic mass is 10.1. The second kappa shape index (κ2) is 5.92. The summed E-state index contributed by atoms with van der Waals surface area (Å²) >= 11 is 0. The highest BCUT2D eigenvalue weighted by molar-refractivity contribution is 5.40. The minimum atomic E-state index is -4.38. The highest BCUT2D eigenvalue weighted by Gasteiger charge is 2.30. The molecule has 3 nitrogen and oxygen atoms in total. The highest BCUT2D eigenvalue weighted by Crippen LogP contribution is 2.29. The molecule has 1 unspecified atom stereocenters. The highest BCUT2D eigenvalue weighted by atomic mass is 19.4. The number of anilines is 1. The topological polar surface area (TPSA) is 50.9 Å². The zero-order chi connectivity index (χ0) is 14.6. The molecule has 1 atom stereocenters. The third-order valence-electron chi connectivity index (χ3n) is 2.85. The standard InChI is InChI=1S/C14H14F3N3/c15-14(16,17)11-6-7-13(19-9-11)20-12(8-18)10-4-2-1-3-5-10/h1-7,9,12H,8,18H2,(H,19,20). The minimum Gasteiger partial charge on any atom is -0.362 e. The lowest BCUT2D eigenvalue weighted by Gasteiger charge is -2.18. The number of halogens is 3. The van der Waals surface area contributed by atoms with E-state index in [0.717, 1.165) is 17.8 Å². The van der Waals surface area contributed by atoms with Crippen LogP contribution in [-0.2, 0) is 6.18 Å². The van der Waals surface area contributed by atoms with Gasteiger partial charge in [-0.2, -0.15) is 13.2 Å². The smallest absolute Gasteiger partial charge is 0.362 e. The molecule has 0 saturated carbocycles. The van der Waals surface area contributed by atoms with E-state index in [9.17, 15) is 13.2 Å². The monoisotopic (exact) mass is 281 g/mol. The van der Waals surface area contributed by atoms with Crippen LogP contribution in [0.1, 0.15) is 17.2 Å². The fourth-order valence-corrected chi connectivity index (χ4v) is 1.79. The fraction of sp³-hybridized carbons (Fsp3) is 0.214. The van der Waals surface area contributed by atoms with Gasteiger partial charge in [0.15, 0.2) is 0 Å². The van der Waals surface area contributed by atoms with E-state index in [-0.39, 0.29) is 6.04 Å². The molecule has 1 aromatic heterocycles. The lowest BCUT2D eigenvalue weighted by Crippen LogP contribution is -2.21. The SMILES string of the molecule is NCC(Nc1ccc(C(F)(F)F)cn1)c1ccccc1. The Hall–Kier alpha value is -2.08. The van der Waals surface area contributed by atoms with Gasteiger partial charge in [0.25, 0.3) is 0 Å². The number of aromatic nitrogens is 1. The van der Waals surface area contributed by atoms with Crippen LogP contribution >= 0.6 is 0 Å². The number of hydrogen-bond acceptors (Lipinski definition) is 3. The first-order chi connectivity index (χ1) is 9.50. The van der Waals surface area contributed by atoms with Crippen LogP contribution in [0, 0.1) is 0 Å². The van der Waals surface area contributed by atoms with Gasteiger partial charge in [-0.05, 0) is 17.7 Å². The van der Waals surface area contributed by atoms with E-state index in [2.05, 4.69) is 10.3 Å². The van der Waals surface area contributed by atoms with Crippen LogP contribution in [0.3, 0.4) is 0 Å². The third-order valence-corrected chi connectivity index (χ3v) is 2.85. The summed E-state index contributed by atoms with van der Waals surface area (Å²) in [6, 6.07) is 11.5. The van der Waals surface area contributed by atoms with E-state index in [1.807, 2.05) is 30.3 Å². The average Bonchev–Trinajstić information content (AvgIpc) is 2.45. The van der Waals surface area contributed by atoms with Crippen LogP contribution in [-0.4, -0.2) is 11.5 Å². The van der Waals surface area contributed by atoms with Crippen LogP contribution in [0.5, 0.6) is 0 Å². The molecule has 0 amide bonds. The molecule has 106 valence electrons. The molecule has 2 aromatic rings. The Morgan fingerprint density at radius 3 is 2.30 bits per heavy atom. The van der Waals surface area contributed by atoms with Crippen molar-refractivity contribution < 1.29 is 13.2 Å². The van der Waals surface area contributed by atoms with Crippen molar-refractivity contribution in [1.29, 1.82) is 0 Å². The largest absolute Gasteiger partial charge is 0.417 e. The summed E-state index contributed by atoms with van der Waals surface area (Å²) in [4.78, 5) is 3.77. The molecule has 2 rings (SSSR count). The second-order valence-electron chi connectivity index (χ2n) is 4.27. The summed E-state index contributed by atoms with van der Waals surface area (Å²) in [6.45, 7) is 0.312. The van der Waals surface area contributed by atoms with Gasteiger partial charge in [-0.15, -0.1) is 0 Å². The molecule has 0 saturated heterocycles. The summed E-state index contributed by atoms with van der Waals surface area (Å²) in [5.41, 5.74) is 5.87. The molecule has 0 bridgehead atoms. The number of alkyl halides is 3. The first-order valence-electron chi connectivity index (χ1n) is 6.05. The molecule has 1 aromatic carbocycles. The molecule has 0 spiro atoms. The summed E-state index contributed by atoms with van der Waals surface area (Å²) in [7, 11) is 0. The van der Waals surface area contributed by atoms with E-state index >= 15 is 0 Å². The molecule has 1 heterocycles. The number of hydrogen-bond donors (Lipinski definition) is 2. The Balaban J connectivity index is 2.13. The van der Waals surface area contributed by atoms with E-state index in [0.29, 0.717) is 12.4 Å². The van der Waals surface area contributed by atoms with Gasteiger partial charge in [0.1, 0.15) is 5.82 Å². The molecular formula is C14H14F3N3. The first-order valence-corrected chi connectivity index (χ1v) is 6.05. The Morgan fingerprint density at radius 1 is 1.10 bits per heavy atom. The van der Waals surface area contributed by atoms with E-state index in [1.54, 1.807) is 0 Å². The molecule has 0 aliphatic carbocycles. The molecule has 6 heteroatoms. The van der Waals surface area contributed by atoms with Gasteiger partial charge >= 0.3 is 6.18 Å². The van der Waals surface area contributed by atoms with Gasteiger partial charge in [-0.25, -0.2) is 4.98 Å². The minimum absolute atomic E-state index is 0.194. The number of benzene rings is 1. The Kier molecular flexibility index (Phi) is 4.24. The van der Waals surface area contributed by atoms with Gasteiger partial charge in [0, 0.05) is 12.7 Å². The van der Waals surface area contributed by atoms with Crippen molar-refractivity contribution in [3.8, 4) is 0 Å². The molecule has 3 N–H and O–H groups in total. The summed E-state index contributed by atoms with van der Waals surface area (Å²) in [5.74, 6) is 0.359. The maximum atomic E-state index is 12.4. The van der Waals surface area contributed by atoms with Crippen molar-refractivity contribution in [3.63, 3.8) is 0 Å². The predicted octanol–water partition coefficient (Wildman–Crippen LogP) is 3.21. The number of rotatable bonds is 4. The summed E-state index contributed by atoms with van der Waals surface area (Å²) in [6.07, 6.45) is -3.57. The average molecular weight is 281 g/mol. The van der Waals surface area contributed by atoms with Crippen LogP contribution in [0.4, 0.5) is 19.0 Å². The molecule has 20 heavy (non-hydrogen) atoms. The Morgan fingerprint density at radius 2 is 1.80 bits per heavy atom. The first kappa shape index (κ1) is 14.3.